The average Bonchev–Trinajstić information content (AvgIpc) is 2.64. The molecule has 0 aromatic heterocycles. The summed E-state index contributed by atoms with van der Waals surface area (Å²) in [7, 11) is 0. The van der Waals surface area contributed by atoms with Gasteiger partial charge in [0.05, 0.1) is 12.6 Å². The number of nitrogens with one attached hydrogen (secondary N) is 2. The minimum atomic E-state index is -0.158. The van der Waals surface area contributed by atoms with E-state index in [1.807, 2.05) is 6.92 Å². The zero-order valence-corrected chi connectivity index (χ0v) is 11.5. The molecule has 0 bridgehead atoms. The lowest BCUT2D eigenvalue weighted by molar-refractivity contribution is -0.123. The van der Waals surface area contributed by atoms with Crippen molar-refractivity contribution in [1.82, 2.24) is 10.6 Å². The van der Waals surface area contributed by atoms with E-state index in [-0.39, 0.29) is 17.5 Å². The molecule has 1 fully saturated rings. The molecule has 2 unspecified atom stereocenters. The van der Waals surface area contributed by atoms with Gasteiger partial charge >= 0.3 is 0 Å². The molecule has 1 aliphatic heterocycles. The molecule has 0 aromatic carbocycles. The predicted molar refractivity (Wildman–Crippen MR) is 68.9 cm³/mol. The Morgan fingerprint density at radius 2 is 2.12 bits per heavy atom. The molecule has 1 saturated heterocycles. The van der Waals surface area contributed by atoms with Gasteiger partial charge in [0, 0.05) is 18.7 Å². The molecule has 0 aliphatic carbocycles. The van der Waals surface area contributed by atoms with E-state index in [9.17, 15) is 4.79 Å². The van der Waals surface area contributed by atoms with Gasteiger partial charge in [-0.3, -0.25) is 10.1 Å². The predicted octanol–water partition coefficient (Wildman–Crippen LogP) is 1.31. The van der Waals surface area contributed by atoms with Crippen molar-refractivity contribution in [2.75, 3.05) is 19.8 Å². The van der Waals surface area contributed by atoms with Crippen LogP contribution in [0.5, 0.6) is 0 Å². The number of rotatable bonds is 6. The summed E-state index contributed by atoms with van der Waals surface area (Å²) >= 11 is 0. The lowest BCUT2D eigenvalue weighted by atomic mass is 10.0. The van der Waals surface area contributed by atoms with Crippen LogP contribution in [0, 0.1) is 5.92 Å². The van der Waals surface area contributed by atoms with Gasteiger partial charge in [-0.25, -0.2) is 0 Å². The molecule has 4 nitrogen and oxygen atoms in total. The van der Waals surface area contributed by atoms with Crippen molar-refractivity contribution in [2.24, 2.45) is 5.92 Å². The lowest BCUT2D eigenvalue weighted by Gasteiger charge is -2.27. The summed E-state index contributed by atoms with van der Waals surface area (Å²) < 4.78 is 5.36. The lowest BCUT2D eigenvalue weighted by Crippen LogP contribution is -2.53. The van der Waals surface area contributed by atoms with Gasteiger partial charge in [0.25, 0.3) is 0 Å². The van der Waals surface area contributed by atoms with Crippen molar-refractivity contribution in [3.63, 3.8) is 0 Å². The second kappa shape index (κ2) is 6.36. The Bertz CT molecular complexity index is 248. The summed E-state index contributed by atoms with van der Waals surface area (Å²) in [6.07, 6.45) is 2.00. The van der Waals surface area contributed by atoms with Crippen molar-refractivity contribution >= 4 is 5.91 Å². The Kier molecular flexibility index (Phi) is 5.40. The first-order valence-electron chi connectivity index (χ1n) is 6.56. The zero-order valence-electron chi connectivity index (χ0n) is 11.5. The highest BCUT2D eigenvalue weighted by Gasteiger charge is 2.32. The average molecular weight is 242 g/mol. The molecule has 0 radical (unpaired) electrons. The number of hydrogen-bond donors (Lipinski definition) is 2. The Labute approximate surface area is 104 Å². The van der Waals surface area contributed by atoms with Crippen molar-refractivity contribution in [2.45, 2.75) is 52.1 Å². The maximum Gasteiger partial charge on any atom is 0.236 e. The smallest absolute Gasteiger partial charge is 0.236 e. The van der Waals surface area contributed by atoms with Gasteiger partial charge in [-0.15, -0.1) is 0 Å². The number of amides is 1. The fourth-order valence-electron chi connectivity index (χ4n) is 2.01. The monoisotopic (exact) mass is 242 g/mol. The van der Waals surface area contributed by atoms with Crippen molar-refractivity contribution in [1.29, 1.82) is 0 Å². The number of carbonyl (C=O) groups excluding carboxylic acids is 1. The fourth-order valence-corrected chi connectivity index (χ4v) is 2.01. The van der Waals surface area contributed by atoms with E-state index in [2.05, 4.69) is 31.4 Å². The van der Waals surface area contributed by atoms with Gasteiger partial charge in [-0.05, 0) is 32.6 Å². The first-order valence-corrected chi connectivity index (χ1v) is 6.56. The molecule has 2 atom stereocenters. The minimum Gasteiger partial charge on any atom is -0.379 e. The maximum atomic E-state index is 11.8. The molecule has 4 heteroatoms. The van der Waals surface area contributed by atoms with Crippen molar-refractivity contribution < 1.29 is 9.53 Å². The second-order valence-corrected chi connectivity index (χ2v) is 5.70. The molecule has 1 rings (SSSR count). The van der Waals surface area contributed by atoms with Crippen LogP contribution >= 0.6 is 0 Å². The standard InChI is InChI=1S/C13H26N2O2/c1-10(2)5-7-14-12(16)11(3)15-13(4)6-8-17-9-13/h10-11,15H,5-9H2,1-4H3,(H,14,16). The van der Waals surface area contributed by atoms with Crippen molar-refractivity contribution in [3.05, 3.63) is 0 Å². The topological polar surface area (TPSA) is 50.4 Å². The molecular weight excluding hydrogens is 216 g/mol. The summed E-state index contributed by atoms with van der Waals surface area (Å²) in [5.41, 5.74) is -0.0468. The highest BCUT2D eigenvalue weighted by atomic mass is 16.5. The van der Waals surface area contributed by atoms with Crippen LogP contribution in [0.3, 0.4) is 0 Å². The molecule has 1 aliphatic rings. The fraction of sp³-hybridized carbons (Fsp3) is 0.923. The molecule has 1 heterocycles. The minimum absolute atomic E-state index is 0.0468. The van der Waals surface area contributed by atoms with Crippen LogP contribution in [0.25, 0.3) is 0 Å². The molecule has 17 heavy (non-hydrogen) atoms. The van der Waals surface area contributed by atoms with Crippen LogP contribution < -0.4 is 10.6 Å². The Morgan fingerprint density at radius 3 is 2.65 bits per heavy atom. The van der Waals surface area contributed by atoms with Gasteiger partial charge in [0.2, 0.25) is 5.91 Å². The number of ether oxygens (including phenoxy) is 1. The number of hydrogen-bond acceptors (Lipinski definition) is 3. The third-order valence-corrected chi connectivity index (χ3v) is 3.20. The Morgan fingerprint density at radius 1 is 1.41 bits per heavy atom. The SMILES string of the molecule is CC(C)CCNC(=O)C(C)NC1(C)CCOC1. The normalized spacial score (nSPS) is 26.2. The zero-order chi connectivity index (χ0) is 12.9. The third kappa shape index (κ3) is 5.04. The summed E-state index contributed by atoms with van der Waals surface area (Å²) in [6, 6.07) is -0.158. The first kappa shape index (κ1) is 14.5. The van der Waals surface area contributed by atoms with Gasteiger partial charge < -0.3 is 10.1 Å². The van der Waals surface area contributed by atoms with E-state index in [0.29, 0.717) is 12.5 Å². The molecule has 0 aromatic rings. The second-order valence-electron chi connectivity index (χ2n) is 5.70. The quantitative estimate of drug-likeness (QED) is 0.738. The van der Waals surface area contributed by atoms with E-state index >= 15 is 0 Å². The van der Waals surface area contributed by atoms with Crippen LogP contribution in [0.15, 0.2) is 0 Å². The highest BCUT2D eigenvalue weighted by Crippen LogP contribution is 2.18. The largest absolute Gasteiger partial charge is 0.379 e. The first-order chi connectivity index (χ1) is 7.93. The van der Waals surface area contributed by atoms with E-state index in [0.717, 1.165) is 26.0 Å². The molecule has 2 N–H and O–H groups in total. The highest BCUT2D eigenvalue weighted by molar-refractivity contribution is 5.81. The Balaban J connectivity index is 2.26. The van der Waals surface area contributed by atoms with Crippen LogP contribution in [-0.4, -0.2) is 37.2 Å². The molecule has 0 saturated carbocycles. The molecule has 1 amide bonds. The summed E-state index contributed by atoms with van der Waals surface area (Å²) in [5, 5.41) is 6.32. The van der Waals surface area contributed by atoms with Crippen LogP contribution in [0.4, 0.5) is 0 Å². The third-order valence-electron chi connectivity index (χ3n) is 3.20. The molecular formula is C13H26N2O2. The van der Waals surface area contributed by atoms with Crippen LogP contribution in [0.2, 0.25) is 0 Å². The van der Waals surface area contributed by atoms with E-state index in [1.54, 1.807) is 0 Å². The van der Waals surface area contributed by atoms with Gasteiger partial charge in [-0.1, -0.05) is 13.8 Å². The van der Waals surface area contributed by atoms with Gasteiger partial charge in [0.1, 0.15) is 0 Å². The summed E-state index contributed by atoms with van der Waals surface area (Å²) in [4.78, 5) is 11.8. The van der Waals surface area contributed by atoms with Crippen LogP contribution in [0.1, 0.15) is 40.5 Å². The summed E-state index contributed by atoms with van der Waals surface area (Å²) in [5.74, 6) is 0.707. The molecule has 100 valence electrons. The number of carbonyl (C=O) groups is 1. The van der Waals surface area contributed by atoms with Crippen molar-refractivity contribution in [3.8, 4) is 0 Å². The van der Waals surface area contributed by atoms with Gasteiger partial charge in [-0.2, -0.15) is 0 Å². The van der Waals surface area contributed by atoms with E-state index in [1.165, 1.54) is 0 Å². The van der Waals surface area contributed by atoms with E-state index < -0.39 is 0 Å². The summed E-state index contributed by atoms with van der Waals surface area (Å²) in [6.45, 7) is 10.6. The Hall–Kier alpha value is -0.610. The van der Waals surface area contributed by atoms with E-state index in [4.69, 9.17) is 4.74 Å². The van der Waals surface area contributed by atoms with Gasteiger partial charge in [0.15, 0.2) is 0 Å². The van der Waals surface area contributed by atoms with Crippen LogP contribution in [-0.2, 0) is 9.53 Å². The molecule has 0 spiro atoms. The maximum absolute atomic E-state index is 11.8.